The molecule has 2 aromatic carbocycles. The summed E-state index contributed by atoms with van der Waals surface area (Å²) in [7, 11) is 5.84. The Labute approximate surface area is 208 Å². The van der Waals surface area contributed by atoms with Gasteiger partial charge in [0.05, 0.1) is 23.9 Å². The van der Waals surface area contributed by atoms with Crippen molar-refractivity contribution in [1.29, 1.82) is 5.26 Å². The van der Waals surface area contributed by atoms with Gasteiger partial charge in [0, 0.05) is 49.7 Å². The molecule has 0 saturated carbocycles. The lowest BCUT2D eigenvalue weighted by Gasteiger charge is -2.35. The molecule has 7 nitrogen and oxygen atoms in total. The number of nitrogens with zero attached hydrogens (tertiary/aromatic N) is 5. The van der Waals surface area contributed by atoms with Crippen LogP contribution in [0, 0.1) is 11.3 Å². The molecule has 7 heteroatoms. The lowest BCUT2D eigenvalue weighted by atomic mass is 10.0. The van der Waals surface area contributed by atoms with E-state index in [0.29, 0.717) is 11.1 Å². The molecular weight excluding hydrogens is 438 g/mol. The molecule has 0 bridgehead atoms. The maximum Gasteiger partial charge on any atom is 0.253 e. The third-order valence-electron chi connectivity index (χ3n) is 6.84. The van der Waals surface area contributed by atoms with Gasteiger partial charge in [-0.2, -0.15) is 5.26 Å². The molecule has 0 unspecified atom stereocenters. The Kier molecular flexibility index (Phi) is 7.74. The van der Waals surface area contributed by atoms with Gasteiger partial charge in [0.25, 0.3) is 5.91 Å². The highest BCUT2D eigenvalue weighted by atomic mass is 16.5. The second-order valence-corrected chi connectivity index (χ2v) is 9.33. The van der Waals surface area contributed by atoms with Gasteiger partial charge in [-0.1, -0.05) is 12.1 Å². The van der Waals surface area contributed by atoms with Crippen molar-refractivity contribution in [3.63, 3.8) is 0 Å². The van der Waals surface area contributed by atoms with Crippen LogP contribution in [0.4, 0.5) is 0 Å². The predicted octanol–water partition coefficient (Wildman–Crippen LogP) is 3.92. The Balaban J connectivity index is 1.51. The van der Waals surface area contributed by atoms with Gasteiger partial charge in [0.15, 0.2) is 0 Å². The number of nitriles is 1. The maximum absolute atomic E-state index is 13.1. The summed E-state index contributed by atoms with van der Waals surface area (Å²) in [6.07, 6.45) is 1.15. The molecular formula is C28H35N5O2. The standard InChI is InChI=1S/C28H35N5O2/c1-5-33-26-19-23(35-4)11-12-24(26)25(20-29)27(33)21-7-9-22(10-8-21)28(34)32-17-15-31(16-18-32)14-6-13-30(2)3/h7-12,19H,5-6,13-18H2,1-4H3. The smallest absolute Gasteiger partial charge is 0.253 e. The van der Waals surface area contributed by atoms with Crippen LogP contribution in [0.5, 0.6) is 5.75 Å². The molecule has 184 valence electrons. The van der Waals surface area contributed by atoms with Gasteiger partial charge in [-0.3, -0.25) is 9.69 Å². The predicted molar refractivity (Wildman–Crippen MR) is 140 cm³/mol. The molecule has 1 saturated heterocycles. The molecule has 3 aromatic rings. The summed E-state index contributed by atoms with van der Waals surface area (Å²) in [6.45, 7) is 8.31. The van der Waals surface area contributed by atoms with Crippen LogP contribution in [0.15, 0.2) is 42.5 Å². The number of carbonyl (C=O) groups excluding carboxylic acids is 1. The molecule has 1 aliphatic rings. The maximum atomic E-state index is 13.1. The lowest BCUT2D eigenvalue weighted by molar-refractivity contribution is 0.0634. The molecule has 35 heavy (non-hydrogen) atoms. The molecule has 0 spiro atoms. The van der Waals surface area contributed by atoms with E-state index in [1.54, 1.807) is 7.11 Å². The van der Waals surface area contributed by atoms with Crippen molar-refractivity contribution in [2.45, 2.75) is 19.9 Å². The van der Waals surface area contributed by atoms with Crippen molar-refractivity contribution in [2.24, 2.45) is 0 Å². The van der Waals surface area contributed by atoms with Crippen molar-refractivity contribution in [2.75, 3.05) is 60.5 Å². The van der Waals surface area contributed by atoms with Crippen LogP contribution in [0.1, 0.15) is 29.3 Å². The quantitative estimate of drug-likeness (QED) is 0.496. The van der Waals surface area contributed by atoms with Crippen molar-refractivity contribution in [3.05, 3.63) is 53.6 Å². The van der Waals surface area contributed by atoms with Crippen LogP contribution in [-0.2, 0) is 6.54 Å². The summed E-state index contributed by atoms with van der Waals surface area (Å²) in [6, 6.07) is 15.9. The number of fused-ring (bicyclic) bond motifs is 1. The van der Waals surface area contributed by atoms with E-state index in [2.05, 4.69) is 41.5 Å². The van der Waals surface area contributed by atoms with Crippen LogP contribution in [0.2, 0.25) is 0 Å². The molecule has 4 rings (SSSR count). The molecule has 1 fully saturated rings. The van der Waals surface area contributed by atoms with Gasteiger partial charge in [-0.15, -0.1) is 0 Å². The summed E-state index contributed by atoms with van der Waals surface area (Å²) in [5, 5.41) is 10.9. The highest BCUT2D eigenvalue weighted by molar-refractivity contribution is 5.97. The van der Waals surface area contributed by atoms with Crippen LogP contribution in [0.25, 0.3) is 22.2 Å². The second-order valence-electron chi connectivity index (χ2n) is 9.33. The van der Waals surface area contributed by atoms with Gasteiger partial charge in [0.2, 0.25) is 0 Å². The fraction of sp³-hybridized carbons (Fsp3) is 0.429. The van der Waals surface area contributed by atoms with Crippen LogP contribution < -0.4 is 4.74 Å². The summed E-state index contributed by atoms with van der Waals surface area (Å²) < 4.78 is 7.54. The first kappa shape index (κ1) is 24.8. The Hall–Kier alpha value is -3.34. The van der Waals surface area contributed by atoms with Crippen molar-refractivity contribution >= 4 is 16.8 Å². The first-order valence-corrected chi connectivity index (χ1v) is 12.3. The van der Waals surface area contributed by atoms with Crippen molar-refractivity contribution < 1.29 is 9.53 Å². The van der Waals surface area contributed by atoms with Gasteiger partial charge in [0.1, 0.15) is 11.8 Å². The number of aryl methyl sites for hydroxylation is 1. The van der Waals surface area contributed by atoms with Gasteiger partial charge < -0.3 is 19.1 Å². The Morgan fingerprint density at radius 1 is 1.09 bits per heavy atom. The van der Waals surface area contributed by atoms with E-state index in [-0.39, 0.29) is 5.91 Å². The average molecular weight is 474 g/mol. The topological polar surface area (TPSA) is 64.7 Å². The van der Waals surface area contributed by atoms with Crippen LogP contribution >= 0.6 is 0 Å². The third-order valence-corrected chi connectivity index (χ3v) is 6.84. The normalized spacial score (nSPS) is 14.5. The lowest BCUT2D eigenvalue weighted by Crippen LogP contribution is -2.49. The van der Waals surface area contributed by atoms with Gasteiger partial charge in [-0.25, -0.2) is 0 Å². The number of benzene rings is 2. The molecule has 0 aliphatic carbocycles. The number of amides is 1. The molecule has 1 amide bonds. The summed E-state index contributed by atoms with van der Waals surface area (Å²) in [4.78, 5) is 19.7. The number of aromatic nitrogens is 1. The van der Waals surface area contributed by atoms with E-state index in [1.165, 1.54) is 0 Å². The van der Waals surface area contributed by atoms with Crippen molar-refractivity contribution in [3.8, 4) is 23.1 Å². The largest absolute Gasteiger partial charge is 0.497 e. The van der Waals surface area contributed by atoms with E-state index >= 15 is 0 Å². The molecule has 0 atom stereocenters. The zero-order valence-electron chi connectivity index (χ0n) is 21.3. The first-order chi connectivity index (χ1) is 17.0. The van der Waals surface area contributed by atoms with Crippen molar-refractivity contribution in [1.82, 2.24) is 19.3 Å². The van der Waals surface area contributed by atoms with E-state index in [0.717, 1.165) is 80.1 Å². The Bertz CT molecular complexity index is 1210. The average Bonchev–Trinajstić information content (AvgIpc) is 3.21. The van der Waals surface area contributed by atoms with E-state index < -0.39 is 0 Å². The Morgan fingerprint density at radius 3 is 2.40 bits per heavy atom. The number of rotatable bonds is 8. The number of methoxy groups -OCH3 is 1. The minimum Gasteiger partial charge on any atom is -0.497 e. The number of hydrogen-bond donors (Lipinski definition) is 0. The van der Waals surface area contributed by atoms with Crippen LogP contribution in [0.3, 0.4) is 0 Å². The minimum atomic E-state index is 0.0748. The fourth-order valence-corrected chi connectivity index (χ4v) is 4.94. The molecule has 0 radical (unpaired) electrons. The molecule has 0 N–H and O–H groups in total. The van der Waals surface area contributed by atoms with Gasteiger partial charge in [-0.05, 0) is 70.4 Å². The fourth-order valence-electron chi connectivity index (χ4n) is 4.94. The second kappa shape index (κ2) is 10.9. The third kappa shape index (κ3) is 5.19. The van der Waals surface area contributed by atoms with E-state index in [4.69, 9.17) is 4.74 Å². The molecule has 2 heterocycles. The number of hydrogen-bond acceptors (Lipinski definition) is 5. The number of carbonyl (C=O) groups is 1. The Morgan fingerprint density at radius 2 is 1.80 bits per heavy atom. The SMILES string of the molecule is CCn1c(-c2ccc(C(=O)N3CCN(CCCN(C)C)CC3)cc2)c(C#N)c2ccc(OC)cc21. The molecule has 1 aromatic heterocycles. The van der Waals surface area contributed by atoms with E-state index in [9.17, 15) is 10.1 Å². The number of piperazine rings is 1. The molecule has 1 aliphatic heterocycles. The van der Waals surface area contributed by atoms with Gasteiger partial charge >= 0.3 is 0 Å². The monoisotopic (exact) mass is 473 g/mol. The zero-order valence-corrected chi connectivity index (χ0v) is 21.3. The number of ether oxygens (including phenoxy) is 1. The van der Waals surface area contributed by atoms with Crippen LogP contribution in [-0.4, -0.2) is 85.6 Å². The van der Waals surface area contributed by atoms with E-state index in [1.807, 2.05) is 47.4 Å². The highest BCUT2D eigenvalue weighted by Gasteiger charge is 2.23. The highest BCUT2D eigenvalue weighted by Crippen LogP contribution is 2.35. The summed E-state index contributed by atoms with van der Waals surface area (Å²) in [5.74, 6) is 0.838. The first-order valence-electron chi connectivity index (χ1n) is 12.3. The summed E-state index contributed by atoms with van der Waals surface area (Å²) >= 11 is 0. The zero-order chi connectivity index (χ0) is 24.9. The minimum absolute atomic E-state index is 0.0748. The summed E-state index contributed by atoms with van der Waals surface area (Å²) in [5.41, 5.74) is 4.12.